The lowest BCUT2D eigenvalue weighted by Gasteiger charge is -2.22. The zero-order valence-electron chi connectivity index (χ0n) is 75.9. The van der Waals surface area contributed by atoms with Gasteiger partial charge in [-0.25, -0.2) is 50.3 Å². The Morgan fingerprint density at radius 2 is 0.672 bits per heavy atom. The van der Waals surface area contributed by atoms with E-state index in [1.54, 1.807) is 97.5 Å². The molecule has 6 aromatic heterocycles. The smallest absolute Gasteiger partial charge is 0.408 e. The van der Waals surface area contributed by atoms with Crippen molar-refractivity contribution in [1.29, 1.82) is 0 Å². The van der Waals surface area contributed by atoms with Crippen LogP contribution in [0.15, 0.2) is 158 Å². The van der Waals surface area contributed by atoms with Gasteiger partial charge >= 0.3 is 47.8 Å². The van der Waals surface area contributed by atoms with Crippen LogP contribution in [0.4, 0.5) is 82.9 Å². The van der Waals surface area contributed by atoms with Crippen LogP contribution in [0.25, 0.3) is 66.1 Å². The van der Waals surface area contributed by atoms with Gasteiger partial charge in [0.2, 0.25) is 0 Å². The second-order valence-corrected chi connectivity index (χ2v) is 31.7. The summed E-state index contributed by atoms with van der Waals surface area (Å²) in [7, 11) is 10.5. The number of aromatic nitrogens is 8. The molecule has 0 radical (unpaired) electrons. The number of carbonyl (C=O) groups is 6. The van der Waals surface area contributed by atoms with Crippen LogP contribution in [0, 0.1) is 62.6 Å². The zero-order valence-corrected chi connectivity index (χ0v) is 75.9. The third kappa shape index (κ3) is 22.7. The fourth-order valence-corrected chi connectivity index (χ4v) is 15.4. The average Bonchev–Trinajstić information content (AvgIpc) is 0.775. The SMILES string of the molecule is CC[C@@H](Nc1cc(F)c(C(=O)N[C@@H](Cc2ccc(-c3c(C)c(C)c(C)n(C)c3=O)c3ncccc23)C(=O)OC)c(F)c1)C(F)(F)F.CC[C@@H](Nc1cc(F)c(C(=O)N[C@@H](Cc2ccc(-c3c(C)n(C)c(=O)n(C)c3=O)c3ncccc23)C(=O)OC)c(F)c1)C(F)(F)F.CC[C@@H](Nc1cc(F)c(C(=O)N[C@@H](Cc2ccc(-c3cn(C)c(=O)n(C)c3=O)c3ncccc23)C(=O)OC)c(F)c1)C(F)(F)F. The number of pyridine rings is 4. The van der Waals surface area contributed by atoms with Crippen molar-refractivity contribution in [2.75, 3.05) is 37.3 Å². The highest BCUT2D eigenvalue weighted by Crippen LogP contribution is 2.38. The molecule has 28 nitrogen and oxygen atoms in total. The number of nitrogens with zero attached hydrogens (tertiary/aromatic N) is 8. The van der Waals surface area contributed by atoms with Gasteiger partial charge in [-0.15, -0.1) is 0 Å². The first-order valence-corrected chi connectivity index (χ1v) is 41.8. The van der Waals surface area contributed by atoms with Crippen LogP contribution in [-0.2, 0) is 83.1 Å². The van der Waals surface area contributed by atoms with Gasteiger partial charge in [-0.3, -0.25) is 52.9 Å². The highest BCUT2D eigenvalue weighted by molar-refractivity contribution is 6.03. The van der Waals surface area contributed by atoms with Gasteiger partial charge in [0, 0.05) is 141 Å². The van der Waals surface area contributed by atoms with Crippen molar-refractivity contribution >= 4 is 85.4 Å². The number of rotatable bonds is 27. The minimum Gasteiger partial charge on any atom is -0.467 e. The summed E-state index contributed by atoms with van der Waals surface area (Å²) < 4.78 is 228. The topological polar surface area (TPSA) is 351 Å². The number of carbonyl (C=O) groups excluding carboxylic acids is 6. The highest BCUT2D eigenvalue weighted by Gasteiger charge is 2.42. The number of esters is 3. The molecule has 0 aliphatic heterocycles. The summed E-state index contributed by atoms with van der Waals surface area (Å²) >= 11 is 0. The number of methoxy groups -OCH3 is 3. The van der Waals surface area contributed by atoms with Crippen molar-refractivity contribution in [1.82, 2.24) is 53.7 Å². The number of fused-ring (bicyclic) bond motifs is 3. The highest BCUT2D eigenvalue weighted by atomic mass is 19.4. The number of ether oxygens (including phenoxy) is 3. The second-order valence-electron chi connectivity index (χ2n) is 31.7. The number of alkyl halides is 9. The minimum atomic E-state index is -4.68. The van der Waals surface area contributed by atoms with E-state index in [4.69, 9.17) is 14.2 Å². The minimum absolute atomic E-state index is 0.178. The van der Waals surface area contributed by atoms with E-state index in [0.29, 0.717) is 114 Å². The average molecular weight is 1930 g/mol. The predicted octanol–water partition coefficient (Wildman–Crippen LogP) is 14.1. The molecule has 6 N–H and O–H groups in total. The van der Waals surface area contributed by atoms with E-state index >= 15 is 0 Å². The molecule has 137 heavy (non-hydrogen) atoms. The van der Waals surface area contributed by atoms with Gasteiger partial charge in [-0.2, -0.15) is 39.5 Å². The van der Waals surface area contributed by atoms with Crippen LogP contribution in [-0.4, -0.2) is 150 Å². The first-order chi connectivity index (χ1) is 64.4. The number of aryl methyl sites for hydroxylation is 1. The third-order valence-electron chi connectivity index (χ3n) is 23.2. The van der Waals surface area contributed by atoms with Crippen molar-refractivity contribution < 1.29 is 109 Å². The van der Waals surface area contributed by atoms with Crippen molar-refractivity contribution in [2.24, 2.45) is 35.2 Å². The maximum absolute atomic E-state index is 15.0. The van der Waals surface area contributed by atoms with E-state index in [1.807, 2.05) is 36.7 Å². The molecule has 0 fully saturated rings. The molecular weight excluding hydrogens is 1830 g/mol. The van der Waals surface area contributed by atoms with Crippen LogP contribution >= 0.6 is 0 Å². The van der Waals surface area contributed by atoms with E-state index in [0.717, 1.165) is 47.3 Å². The maximum atomic E-state index is 15.0. The lowest BCUT2D eigenvalue weighted by molar-refractivity contribution is -0.143. The Kier molecular flexibility index (Phi) is 32.5. The molecule has 0 aliphatic carbocycles. The van der Waals surface area contributed by atoms with E-state index < -0.39 is 201 Å². The van der Waals surface area contributed by atoms with Crippen LogP contribution in [0.1, 0.15) is 110 Å². The molecule has 0 unspecified atom stereocenters. The Bertz CT molecular complexity index is 6990. The second kappa shape index (κ2) is 42.7. The number of amides is 3. The Morgan fingerprint density at radius 3 is 0.985 bits per heavy atom. The molecule has 0 aliphatic rings. The van der Waals surface area contributed by atoms with Crippen LogP contribution in [0.2, 0.25) is 0 Å². The van der Waals surface area contributed by atoms with Crippen LogP contribution in [0.3, 0.4) is 0 Å². The summed E-state index contributed by atoms with van der Waals surface area (Å²) in [6, 6.07) is 12.4. The standard InChI is InChI=1S/C33H33F5N4O4.C31H30F5N5O5.C30H28F5N5O5/c1-7-26(33(36,37)38)40-20-14-23(34)28(24(35)15-20)30(43)41-25(32(45)46-6)13-19-10-11-22(29-21(19)9-8-12-39-29)27-17(3)16(2)18(4)42(5)31(27)44;1-6-23(31(34,35)36)38-17-13-20(32)25(21(33)14-17)27(42)39-22(29(44)46-5)12-16-9-10-19(26-18(16)8-7-11-37-26)24-15(2)40(3)30(45)41(4)28(24)43;1-5-23(30(33,34)35)37-16-12-20(31)24(21(32)13-16)26(41)38-22(28(43)45-4)11-15-8-9-18(25-17(15)7-6-10-36-25)19-14-39(2)29(44)40(3)27(19)42/h8-12,14-15,25-26,40H,7,13H2,1-6H3,(H,41,43);7-11,13-14,22-23,38H,6,12H2,1-5H3,(H,39,42);6-10,12-14,22-23,37H,5,11H2,1-4H3,(H,38,41)/t25-,26+;2*22-,23+/m000/s1. The van der Waals surface area contributed by atoms with Gasteiger partial charge in [-0.1, -0.05) is 75.4 Å². The van der Waals surface area contributed by atoms with Crippen molar-refractivity contribution in [3.8, 4) is 33.4 Å². The fourth-order valence-electron chi connectivity index (χ4n) is 15.4. The van der Waals surface area contributed by atoms with Gasteiger partial charge in [0.15, 0.2) is 0 Å². The molecule has 12 rings (SSSR count). The third-order valence-corrected chi connectivity index (χ3v) is 23.2. The largest absolute Gasteiger partial charge is 0.467 e. The number of nitrogens with one attached hydrogen (secondary N) is 6. The monoisotopic (exact) mass is 1920 g/mol. The number of halogens is 15. The van der Waals surface area contributed by atoms with Crippen LogP contribution in [0.5, 0.6) is 0 Å². The summed E-state index contributed by atoms with van der Waals surface area (Å²) in [6.07, 6.45) is -10.0. The Balaban J connectivity index is 0.000000212. The molecule has 6 atom stereocenters. The summed E-state index contributed by atoms with van der Waals surface area (Å²) in [5.41, 5.74) is 0.474. The molecule has 43 heteroatoms. The first-order valence-electron chi connectivity index (χ1n) is 41.8. The molecule has 3 amide bonds. The van der Waals surface area contributed by atoms with Crippen LogP contribution < -0.4 is 60.0 Å². The summed E-state index contributed by atoms with van der Waals surface area (Å²) in [5, 5.41) is 14.3. The van der Waals surface area contributed by atoms with Gasteiger partial charge in [0.1, 0.15) is 87.8 Å². The predicted molar refractivity (Wildman–Crippen MR) is 478 cm³/mol. The van der Waals surface area contributed by atoms with Crippen molar-refractivity contribution in [3.05, 3.63) is 277 Å². The van der Waals surface area contributed by atoms with E-state index in [2.05, 4.69) is 30.9 Å². The molecule has 0 saturated heterocycles. The molecule has 0 spiro atoms. The van der Waals surface area contributed by atoms with Crippen molar-refractivity contribution in [3.63, 3.8) is 0 Å². The quantitative estimate of drug-likeness (QED) is 0.0158. The molecule has 0 bridgehead atoms. The Hall–Kier alpha value is -15.0. The van der Waals surface area contributed by atoms with Gasteiger partial charge in [0.25, 0.3) is 34.4 Å². The number of hydrogen-bond donors (Lipinski definition) is 6. The normalized spacial score (nSPS) is 12.9. The zero-order chi connectivity index (χ0) is 101. The van der Waals surface area contributed by atoms with E-state index in [-0.39, 0.29) is 35.9 Å². The van der Waals surface area contributed by atoms with Gasteiger partial charge < -0.3 is 59.8 Å². The number of hydrogen-bond acceptors (Lipinski definition) is 20. The molecule has 12 aromatic rings. The molecule has 6 heterocycles. The summed E-state index contributed by atoms with van der Waals surface area (Å²) in [5.74, 6) is -15.5. The van der Waals surface area contributed by atoms with E-state index in [1.165, 1.54) is 76.7 Å². The van der Waals surface area contributed by atoms with Gasteiger partial charge in [0.05, 0.1) is 54.6 Å². The molecule has 0 saturated carbocycles. The lowest BCUT2D eigenvalue weighted by Crippen LogP contribution is -2.43. The Labute approximate surface area is 769 Å². The van der Waals surface area contributed by atoms with Crippen molar-refractivity contribution in [2.45, 2.75) is 142 Å². The molecule has 6 aromatic carbocycles. The summed E-state index contributed by atoms with van der Waals surface area (Å²) in [4.78, 5) is 155. The lowest BCUT2D eigenvalue weighted by atomic mass is 9.92. The summed E-state index contributed by atoms with van der Waals surface area (Å²) in [6.45, 7) is 11.0. The molecule has 726 valence electrons. The fraction of sp³-hybridized carbons (Fsp3) is 0.319. The van der Waals surface area contributed by atoms with E-state index in [9.17, 15) is 119 Å². The maximum Gasteiger partial charge on any atom is 0.408 e. The first kappa shape index (κ1) is 104. The number of anilines is 3. The number of benzene rings is 6. The molecular formula is C94H91F15N14O14. The van der Waals surface area contributed by atoms with Gasteiger partial charge in [-0.05, 0) is 129 Å². The Morgan fingerprint density at radius 1 is 0.372 bits per heavy atom.